The second-order valence-corrected chi connectivity index (χ2v) is 4.94. The van der Waals surface area contributed by atoms with Gasteiger partial charge in [0.25, 0.3) is 0 Å². The van der Waals surface area contributed by atoms with E-state index in [0.717, 1.165) is 33.7 Å². The summed E-state index contributed by atoms with van der Waals surface area (Å²) in [6, 6.07) is 4.12. The lowest BCUT2D eigenvalue weighted by atomic mass is 9.97. The molecule has 0 fully saturated rings. The number of aromatic amines is 1. The highest BCUT2D eigenvalue weighted by Gasteiger charge is 2.16. The van der Waals surface area contributed by atoms with Gasteiger partial charge in [-0.15, -0.1) is 0 Å². The van der Waals surface area contributed by atoms with Crippen LogP contribution in [0.2, 0.25) is 0 Å². The number of nitrogens with two attached hydrogens (primary N) is 1. The van der Waals surface area contributed by atoms with Crippen molar-refractivity contribution in [3.05, 3.63) is 29.0 Å². The van der Waals surface area contributed by atoms with Gasteiger partial charge < -0.3 is 10.5 Å². The molecule has 5 nitrogen and oxygen atoms in total. The van der Waals surface area contributed by atoms with Gasteiger partial charge in [-0.25, -0.2) is 4.99 Å². The van der Waals surface area contributed by atoms with Crippen LogP contribution in [0.5, 0.6) is 5.75 Å². The standard InChI is InChI=1S/C15H20N4O/c1-8-7-13(20-5)9(2)6-12(8)14-10(3)18-19-15(14)17-11(4)16/h6-7H,1-5H3,(H3,16,17,18,19). The van der Waals surface area contributed by atoms with E-state index in [1.807, 2.05) is 26.8 Å². The van der Waals surface area contributed by atoms with Crippen molar-refractivity contribution in [3.63, 3.8) is 0 Å². The fraction of sp³-hybridized carbons (Fsp3) is 0.333. The van der Waals surface area contributed by atoms with Crippen LogP contribution in [0.25, 0.3) is 11.1 Å². The number of hydrogen-bond donors (Lipinski definition) is 2. The summed E-state index contributed by atoms with van der Waals surface area (Å²) >= 11 is 0. The van der Waals surface area contributed by atoms with Crippen molar-refractivity contribution in [2.24, 2.45) is 10.7 Å². The highest BCUT2D eigenvalue weighted by atomic mass is 16.5. The number of aryl methyl sites for hydroxylation is 3. The summed E-state index contributed by atoms with van der Waals surface area (Å²) in [6.45, 7) is 7.80. The zero-order valence-corrected chi connectivity index (χ0v) is 12.5. The van der Waals surface area contributed by atoms with Gasteiger partial charge in [0.05, 0.1) is 12.9 Å². The van der Waals surface area contributed by atoms with Crippen LogP contribution in [0.3, 0.4) is 0 Å². The van der Waals surface area contributed by atoms with Crippen LogP contribution >= 0.6 is 0 Å². The number of aliphatic imine (C=N–C) groups is 1. The van der Waals surface area contributed by atoms with Crippen molar-refractivity contribution in [1.82, 2.24) is 10.2 Å². The number of aromatic nitrogens is 2. The number of nitrogens with zero attached hydrogens (tertiary/aromatic N) is 2. The third-order valence-corrected chi connectivity index (χ3v) is 3.22. The smallest absolute Gasteiger partial charge is 0.183 e. The number of H-pyrrole nitrogens is 1. The van der Waals surface area contributed by atoms with Crippen molar-refractivity contribution >= 4 is 11.7 Å². The molecule has 0 amide bonds. The zero-order chi connectivity index (χ0) is 14.9. The molecule has 106 valence electrons. The van der Waals surface area contributed by atoms with Crippen molar-refractivity contribution < 1.29 is 4.74 Å². The third-order valence-electron chi connectivity index (χ3n) is 3.22. The van der Waals surface area contributed by atoms with Crippen LogP contribution in [0.1, 0.15) is 23.7 Å². The quantitative estimate of drug-likeness (QED) is 0.666. The number of nitrogens with one attached hydrogen (secondary N) is 1. The van der Waals surface area contributed by atoms with E-state index < -0.39 is 0 Å². The Bertz CT molecular complexity index is 667. The first kappa shape index (κ1) is 14.1. The Kier molecular flexibility index (Phi) is 3.79. The Balaban J connectivity index is 2.66. The number of rotatable bonds is 3. The first-order chi connectivity index (χ1) is 9.43. The van der Waals surface area contributed by atoms with Crippen molar-refractivity contribution in [1.29, 1.82) is 0 Å². The second-order valence-electron chi connectivity index (χ2n) is 4.94. The summed E-state index contributed by atoms with van der Waals surface area (Å²) in [6.07, 6.45) is 0. The lowest BCUT2D eigenvalue weighted by Gasteiger charge is -2.11. The Labute approximate surface area is 118 Å². The maximum absolute atomic E-state index is 5.67. The summed E-state index contributed by atoms with van der Waals surface area (Å²) in [7, 11) is 1.68. The fourth-order valence-electron chi connectivity index (χ4n) is 2.27. The summed E-state index contributed by atoms with van der Waals surface area (Å²) < 4.78 is 5.35. The van der Waals surface area contributed by atoms with E-state index in [1.165, 1.54) is 0 Å². The second kappa shape index (κ2) is 5.36. The summed E-state index contributed by atoms with van der Waals surface area (Å²) in [5, 5.41) is 7.19. The van der Waals surface area contributed by atoms with E-state index in [0.29, 0.717) is 11.7 Å². The first-order valence-electron chi connectivity index (χ1n) is 6.45. The van der Waals surface area contributed by atoms with Crippen LogP contribution in [0.15, 0.2) is 17.1 Å². The normalized spacial score (nSPS) is 11.8. The molecule has 0 radical (unpaired) electrons. The molecule has 20 heavy (non-hydrogen) atoms. The summed E-state index contributed by atoms with van der Waals surface area (Å²) in [4.78, 5) is 4.29. The van der Waals surface area contributed by atoms with Gasteiger partial charge in [0.1, 0.15) is 5.75 Å². The number of ether oxygens (including phenoxy) is 1. The molecule has 0 aliphatic carbocycles. The van der Waals surface area contributed by atoms with Crippen LogP contribution in [0.4, 0.5) is 5.82 Å². The van der Waals surface area contributed by atoms with Gasteiger partial charge in [0.15, 0.2) is 5.82 Å². The molecule has 0 bridgehead atoms. The van der Waals surface area contributed by atoms with Crippen LogP contribution < -0.4 is 10.5 Å². The molecule has 0 saturated carbocycles. The number of methoxy groups -OCH3 is 1. The molecule has 0 unspecified atom stereocenters. The molecule has 0 spiro atoms. The van der Waals surface area contributed by atoms with Gasteiger partial charge >= 0.3 is 0 Å². The molecule has 3 N–H and O–H groups in total. The minimum Gasteiger partial charge on any atom is -0.496 e. The molecule has 5 heteroatoms. The number of hydrogen-bond acceptors (Lipinski definition) is 3. The lowest BCUT2D eigenvalue weighted by molar-refractivity contribution is 0.411. The first-order valence-corrected chi connectivity index (χ1v) is 6.45. The van der Waals surface area contributed by atoms with Crippen LogP contribution in [-0.2, 0) is 0 Å². The monoisotopic (exact) mass is 272 g/mol. The predicted molar refractivity (Wildman–Crippen MR) is 81.7 cm³/mol. The molecule has 0 saturated heterocycles. The molecule has 1 heterocycles. The number of amidine groups is 1. The third kappa shape index (κ3) is 2.52. The van der Waals surface area contributed by atoms with Gasteiger partial charge in [0, 0.05) is 11.3 Å². The van der Waals surface area contributed by atoms with Crippen LogP contribution in [0, 0.1) is 20.8 Å². The van der Waals surface area contributed by atoms with Gasteiger partial charge in [-0.3, -0.25) is 5.10 Å². The predicted octanol–water partition coefficient (Wildman–Crippen LogP) is 3.02. The van der Waals surface area contributed by atoms with Crippen molar-refractivity contribution in [3.8, 4) is 16.9 Å². The molecule has 1 aromatic carbocycles. The molecule has 1 aromatic heterocycles. The van der Waals surface area contributed by atoms with E-state index in [9.17, 15) is 0 Å². The molecule has 2 rings (SSSR count). The fourth-order valence-corrected chi connectivity index (χ4v) is 2.27. The molecule has 0 aliphatic heterocycles. The summed E-state index contributed by atoms with van der Waals surface area (Å²) in [5.41, 5.74) is 10.9. The number of benzene rings is 1. The van der Waals surface area contributed by atoms with E-state index in [2.05, 4.69) is 21.3 Å². The van der Waals surface area contributed by atoms with Crippen molar-refractivity contribution in [2.45, 2.75) is 27.7 Å². The lowest BCUT2D eigenvalue weighted by Crippen LogP contribution is -2.04. The largest absolute Gasteiger partial charge is 0.496 e. The Hall–Kier alpha value is -2.30. The molecular weight excluding hydrogens is 252 g/mol. The highest BCUT2D eigenvalue weighted by Crippen LogP contribution is 2.36. The maximum atomic E-state index is 5.67. The minimum absolute atomic E-state index is 0.487. The Morgan fingerprint density at radius 2 is 1.95 bits per heavy atom. The average Bonchev–Trinajstić information content (AvgIpc) is 2.72. The minimum atomic E-state index is 0.487. The Morgan fingerprint density at radius 3 is 2.55 bits per heavy atom. The SMILES string of the molecule is COc1cc(C)c(-c2c(N=C(C)N)n[nH]c2C)cc1C. The Morgan fingerprint density at radius 1 is 1.25 bits per heavy atom. The zero-order valence-electron chi connectivity index (χ0n) is 12.5. The van der Waals surface area contributed by atoms with Crippen LogP contribution in [-0.4, -0.2) is 23.1 Å². The summed E-state index contributed by atoms with van der Waals surface area (Å²) in [5.74, 6) is 1.99. The molecular formula is C15H20N4O. The van der Waals surface area contributed by atoms with E-state index in [-0.39, 0.29) is 0 Å². The molecule has 0 aliphatic rings. The van der Waals surface area contributed by atoms with E-state index in [1.54, 1.807) is 14.0 Å². The molecule has 2 aromatic rings. The van der Waals surface area contributed by atoms with Gasteiger partial charge in [0.2, 0.25) is 0 Å². The van der Waals surface area contributed by atoms with Gasteiger partial charge in [-0.2, -0.15) is 5.10 Å². The van der Waals surface area contributed by atoms with Crippen molar-refractivity contribution in [2.75, 3.05) is 7.11 Å². The highest BCUT2D eigenvalue weighted by molar-refractivity contribution is 5.86. The van der Waals surface area contributed by atoms with E-state index >= 15 is 0 Å². The average molecular weight is 272 g/mol. The maximum Gasteiger partial charge on any atom is 0.183 e. The molecule has 0 atom stereocenters. The van der Waals surface area contributed by atoms with E-state index in [4.69, 9.17) is 10.5 Å². The van der Waals surface area contributed by atoms with Gasteiger partial charge in [-0.1, -0.05) is 0 Å². The van der Waals surface area contributed by atoms with Gasteiger partial charge in [-0.05, 0) is 56.5 Å². The topological polar surface area (TPSA) is 76.3 Å².